The Hall–Kier alpha value is -4.14. The van der Waals surface area contributed by atoms with Gasteiger partial charge in [-0.05, 0) is 55.3 Å². The van der Waals surface area contributed by atoms with Gasteiger partial charge >= 0.3 is 0 Å². The highest BCUT2D eigenvalue weighted by Gasteiger charge is 2.21. The zero-order valence-electron chi connectivity index (χ0n) is 19.2. The number of amides is 1. The molecule has 34 heavy (non-hydrogen) atoms. The number of ether oxygens (including phenoxy) is 2. The van der Waals surface area contributed by atoms with Gasteiger partial charge < -0.3 is 24.6 Å². The number of fused-ring (bicyclic) bond motifs is 1. The van der Waals surface area contributed by atoms with Crippen LogP contribution in [0, 0.1) is 13.8 Å². The molecule has 4 heterocycles. The largest absolute Gasteiger partial charge is 0.454 e. The molecule has 0 saturated carbocycles. The van der Waals surface area contributed by atoms with Gasteiger partial charge in [0.2, 0.25) is 12.7 Å². The van der Waals surface area contributed by atoms with Crippen molar-refractivity contribution in [2.75, 3.05) is 43.2 Å². The molecule has 1 amide bonds. The minimum atomic E-state index is -0.0101. The molecular weight excluding hydrogens is 432 g/mol. The zero-order valence-corrected chi connectivity index (χ0v) is 19.2. The molecule has 9 nitrogen and oxygen atoms in total. The summed E-state index contributed by atoms with van der Waals surface area (Å²) in [7, 11) is 0. The Morgan fingerprint density at radius 1 is 0.971 bits per heavy atom. The van der Waals surface area contributed by atoms with Crippen molar-refractivity contribution >= 4 is 29.4 Å². The SMILES string of the molecule is Cc1ccnc(Nc2cc(N3CCN(C(=O)/C=C/c4ccc5c(c4)OCO5)CC3)nc(C)n2)c1. The number of benzene rings is 1. The van der Waals surface area contributed by atoms with E-state index in [0.29, 0.717) is 43.6 Å². The van der Waals surface area contributed by atoms with E-state index in [9.17, 15) is 4.79 Å². The molecule has 2 aliphatic heterocycles. The Bertz CT molecular complexity index is 1240. The highest BCUT2D eigenvalue weighted by atomic mass is 16.7. The number of nitrogens with zero attached hydrogens (tertiary/aromatic N) is 5. The van der Waals surface area contributed by atoms with Gasteiger partial charge in [-0.3, -0.25) is 4.79 Å². The van der Waals surface area contributed by atoms with E-state index in [-0.39, 0.29) is 12.7 Å². The fourth-order valence-electron chi connectivity index (χ4n) is 3.96. The Morgan fingerprint density at radius 2 is 1.79 bits per heavy atom. The summed E-state index contributed by atoms with van der Waals surface area (Å²) in [6.45, 7) is 6.76. The highest BCUT2D eigenvalue weighted by molar-refractivity contribution is 5.92. The molecule has 0 unspecified atom stereocenters. The second-order valence-electron chi connectivity index (χ2n) is 8.26. The number of rotatable bonds is 5. The van der Waals surface area contributed by atoms with Crippen LogP contribution in [0.25, 0.3) is 6.08 Å². The van der Waals surface area contributed by atoms with Crippen molar-refractivity contribution in [2.24, 2.45) is 0 Å². The molecule has 0 radical (unpaired) electrons. The maximum Gasteiger partial charge on any atom is 0.246 e. The molecular formula is C25H26N6O3. The summed E-state index contributed by atoms with van der Waals surface area (Å²) in [5, 5.41) is 3.26. The van der Waals surface area contributed by atoms with Crippen LogP contribution in [0.1, 0.15) is 17.0 Å². The van der Waals surface area contributed by atoms with Gasteiger partial charge in [0.1, 0.15) is 23.3 Å². The molecule has 9 heteroatoms. The summed E-state index contributed by atoms with van der Waals surface area (Å²) in [4.78, 5) is 30.2. The van der Waals surface area contributed by atoms with E-state index in [0.717, 1.165) is 28.5 Å². The third-order valence-electron chi connectivity index (χ3n) is 5.73. The quantitative estimate of drug-likeness (QED) is 0.582. The summed E-state index contributed by atoms with van der Waals surface area (Å²) in [5.74, 6) is 4.38. The molecule has 0 bridgehead atoms. The molecule has 5 rings (SSSR count). The van der Waals surface area contributed by atoms with Crippen LogP contribution in [0.3, 0.4) is 0 Å². The summed E-state index contributed by atoms with van der Waals surface area (Å²) in [6, 6.07) is 11.5. The second-order valence-corrected chi connectivity index (χ2v) is 8.26. The van der Waals surface area contributed by atoms with E-state index in [1.807, 2.05) is 61.2 Å². The summed E-state index contributed by atoms with van der Waals surface area (Å²) in [5.41, 5.74) is 2.02. The first kappa shape index (κ1) is 21.7. The minimum absolute atomic E-state index is 0.0101. The van der Waals surface area contributed by atoms with Crippen molar-refractivity contribution in [3.63, 3.8) is 0 Å². The van der Waals surface area contributed by atoms with Crippen molar-refractivity contribution in [3.05, 3.63) is 65.6 Å². The van der Waals surface area contributed by atoms with Crippen LogP contribution in [0.4, 0.5) is 17.5 Å². The van der Waals surface area contributed by atoms with Gasteiger partial charge in [-0.15, -0.1) is 0 Å². The van der Waals surface area contributed by atoms with Gasteiger partial charge in [0.05, 0.1) is 0 Å². The van der Waals surface area contributed by atoms with Crippen molar-refractivity contribution < 1.29 is 14.3 Å². The van der Waals surface area contributed by atoms with E-state index in [2.05, 4.69) is 25.2 Å². The Labute approximate surface area is 198 Å². The highest BCUT2D eigenvalue weighted by Crippen LogP contribution is 2.32. The molecule has 3 aromatic rings. The van der Waals surface area contributed by atoms with E-state index in [4.69, 9.17) is 9.47 Å². The van der Waals surface area contributed by atoms with E-state index < -0.39 is 0 Å². The van der Waals surface area contributed by atoms with Crippen LogP contribution in [0.5, 0.6) is 11.5 Å². The topological polar surface area (TPSA) is 92.7 Å². The fourth-order valence-corrected chi connectivity index (χ4v) is 3.96. The van der Waals surface area contributed by atoms with Gasteiger partial charge in [0.25, 0.3) is 0 Å². The maximum atomic E-state index is 12.7. The number of hydrogen-bond donors (Lipinski definition) is 1. The average molecular weight is 459 g/mol. The minimum Gasteiger partial charge on any atom is -0.454 e. The lowest BCUT2D eigenvalue weighted by atomic mass is 10.2. The molecule has 0 aliphatic carbocycles. The molecule has 2 aromatic heterocycles. The smallest absolute Gasteiger partial charge is 0.246 e. The van der Waals surface area contributed by atoms with Crippen LogP contribution < -0.4 is 19.7 Å². The predicted molar refractivity (Wildman–Crippen MR) is 129 cm³/mol. The number of anilines is 3. The molecule has 1 aromatic carbocycles. The van der Waals surface area contributed by atoms with Crippen LogP contribution in [-0.4, -0.2) is 58.7 Å². The summed E-state index contributed by atoms with van der Waals surface area (Å²) < 4.78 is 10.7. The molecule has 0 atom stereocenters. The monoisotopic (exact) mass is 458 g/mol. The maximum absolute atomic E-state index is 12.7. The number of hydrogen-bond acceptors (Lipinski definition) is 8. The number of aryl methyl sites for hydroxylation is 2. The number of nitrogens with one attached hydrogen (secondary N) is 1. The van der Waals surface area contributed by atoms with Crippen LogP contribution in [-0.2, 0) is 4.79 Å². The van der Waals surface area contributed by atoms with Gasteiger partial charge in [-0.25, -0.2) is 15.0 Å². The van der Waals surface area contributed by atoms with Crippen molar-refractivity contribution in [1.29, 1.82) is 0 Å². The normalized spacial score (nSPS) is 15.1. The number of carbonyl (C=O) groups is 1. The van der Waals surface area contributed by atoms with Crippen LogP contribution >= 0.6 is 0 Å². The first-order chi connectivity index (χ1) is 16.5. The first-order valence-corrected chi connectivity index (χ1v) is 11.2. The van der Waals surface area contributed by atoms with Gasteiger partial charge in [-0.1, -0.05) is 6.07 Å². The van der Waals surface area contributed by atoms with E-state index >= 15 is 0 Å². The Morgan fingerprint density at radius 3 is 2.62 bits per heavy atom. The van der Waals surface area contributed by atoms with Crippen molar-refractivity contribution in [2.45, 2.75) is 13.8 Å². The van der Waals surface area contributed by atoms with Gasteiger partial charge in [0.15, 0.2) is 11.5 Å². The standard InChI is InChI=1S/C25H26N6O3/c1-17-7-8-26-22(13-17)29-23-15-24(28-18(2)27-23)30-9-11-31(12-10-30)25(32)6-4-19-3-5-20-21(14-19)34-16-33-20/h3-8,13-15H,9-12,16H2,1-2H3,(H,26,27,28,29)/b6-4+. The number of piperazine rings is 1. The van der Waals surface area contributed by atoms with Crippen molar-refractivity contribution in [1.82, 2.24) is 19.9 Å². The third kappa shape index (κ3) is 4.93. The number of carbonyl (C=O) groups excluding carboxylic acids is 1. The van der Waals surface area contributed by atoms with Gasteiger partial charge in [-0.2, -0.15) is 0 Å². The summed E-state index contributed by atoms with van der Waals surface area (Å²) >= 11 is 0. The van der Waals surface area contributed by atoms with Gasteiger partial charge in [0, 0.05) is 44.5 Å². The lowest BCUT2D eigenvalue weighted by Crippen LogP contribution is -2.48. The third-order valence-corrected chi connectivity index (χ3v) is 5.73. The predicted octanol–water partition coefficient (Wildman–Crippen LogP) is 3.32. The van der Waals surface area contributed by atoms with E-state index in [1.165, 1.54) is 0 Å². The Kier molecular flexibility index (Phi) is 5.99. The lowest BCUT2D eigenvalue weighted by Gasteiger charge is -2.35. The lowest BCUT2D eigenvalue weighted by molar-refractivity contribution is -0.126. The number of aromatic nitrogens is 3. The second kappa shape index (κ2) is 9.38. The Balaban J connectivity index is 1.20. The first-order valence-electron chi connectivity index (χ1n) is 11.2. The molecule has 174 valence electrons. The van der Waals surface area contributed by atoms with Crippen molar-refractivity contribution in [3.8, 4) is 11.5 Å². The fraction of sp³-hybridized carbons (Fsp3) is 0.280. The summed E-state index contributed by atoms with van der Waals surface area (Å²) in [6.07, 6.45) is 5.18. The average Bonchev–Trinajstić information content (AvgIpc) is 3.30. The van der Waals surface area contributed by atoms with E-state index in [1.54, 1.807) is 12.3 Å². The van der Waals surface area contributed by atoms with Crippen LogP contribution in [0.15, 0.2) is 48.7 Å². The van der Waals surface area contributed by atoms with Crippen LogP contribution in [0.2, 0.25) is 0 Å². The molecule has 1 saturated heterocycles. The molecule has 1 N–H and O–H groups in total. The zero-order chi connectivity index (χ0) is 23.5. The number of pyridine rings is 1. The molecule has 0 spiro atoms. The molecule has 1 fully saturated rings. The molecule has 2 aliphatic rings.